The van der Waals surface area contributed by atoms with Gasteiger partial charge in [0.2, 0.25) is 5.91 Å². The molecule has 1 aliphatic carbocycles. The number of rotatable bonds is 4. The van der Waals surface area contributed by atoms with Gasteiger partial charge in [0.05, 0.1) is 7.11 Å². The lowest BCUT2D eigenvalue weighted by Gasteiger charge is -2.11. The van der Waals surface area contributed by atoms with Crippen LogP contribution in [0.25, 0.3) is 10.9 Å². The highest BCUT2D eigenvalue weighted by Crippen LogP contribution is 2.32. The van der Waals surface area contributed by atoms with Gasteiger partial charge in [-0.05, 0) is 30.2 Å². The van der Waals surface area contributed by atoms with Crippen LogP contribution in [0, 0.1) is 0 Å². The van der Waals surface area contributed by atoms with Crippen LogP contribution in [0.3, 0.4) is 0 Å². The van der Waals surface area contributed by atoms with Gasteiger partial charge < -0.3 is 15.0 Å². The molecule has 1 aliphatic rings. The quantitative estimate of drug-likeness (QED) is 0.850. The molecule has 3 rings (SSSR count). The molecule has 0 saturated heterocycles. The number of aromatic amines is 1. The van der Waals surface area contributed by atoms with Gasteiger partial charge in [0.15, 0.2) is 0 Å². The Morgan fingerprint density at radius 2 is 2.35 bits per heavy atom. The topological polar surface area (TPSA) is 54.1 Å². The number of carbonyl (C=O) groups is 1. The van der Waals surface area contributed by atoms with Crippen molar-refractivity contribution in [1.29, 1.82) is 0 Å². The highest BCUT2D eigenvalue weighted by Gasteiger charge is 2.26. The SMILES string of the molecule is COc1ccc2[nH]c3c(c2c1)CC(NC(=O)CCCl)C3. The number of fused-ring (bicyclic) bond motifs is 3. The molecule has 1 unspecified atom stereocenters. The number of nitrogens with one attached hydrogen (secondary N) is 2. The fourth-order valence-electron chi connectivity index (χ4n) is 2.87. The maximum absolute atomic E-state index is 11.6. The number of amides is 1. The van der Waals surface area contributed by atoms with Crippen molar-refractivity contribution >= 4 is 28.4 Å². The predicted molar refractivity (Wildman–Crippen MR) is 79.5 cm³/mol. The Morgan fingerprint density at radius 1 is 1.50 bits per heavy atom. The number of H-pyrrole nitrogens is 1. The third-order valence-electron chi connectivity index (χ3n) is 3.79. The molecule has 0 spiro atoms. The highest BCUT2D eigenvalue weighted by atomic mass is 35.5. The second-order valence-electron chi connectivity index (χ2n) is 5.11. The molecule has 0 aliphatic heterocycles. The standard InChI is InChI=1S/C15H17ClN2O2/c1-20-10-2-3-13-12(8-10)11-6-9(7-14(11)18-13)17-15(19)4-5-16/h2-3,8-9,18H,4-7H2,1H3,(H,17,19). The van der Waals surface area contributed by atoms with Crippen LogP contribution in [-0.2, 0) is 17.6 Å². The molecule has 20 heavy (non-hydrogen) atoms. The zero-order valence-electron chi connectivity index (χ0n) is 11.3. The molecule has 0 fully saturated rings. The monoisotopic (exact) mass is 292 g/mol. The first kappa shape index (κ1) is 13.3. The second-order valence-corrected chi connectivity index (χ2v) is 5.48. The van der Waals surface area contributed by atoms with Gasteiger partial charge in [0.25, 0.3) is 0 Å². The maximum Gasteiger partial charge on any atom is 0.221 e. The van der Waals surface area contributed by atoms with E-state index >= 15 is 0 Å². The minimum Gasteiger partial charge on any atom is -0.497 e. The van der Waals surface area contributed by atoms with E-state index in [-0.39, 0.29) is 11.9 Å². The zero-order chi connectivity index (χ0) is 14.1. The summed E-state index contributed by atoms with van der Waals surface area (Å²) in [4.78, 5) is 15.0. The van der Waals surface area contributed by atoms with Crippen LogP contribution in [-0.4, -0.2) is 29.9 Å². The molecule has 1 atom stereocenters. The molecule has 1 aromatic heterocycles. The van der Waals surface area contributed by atoms with Crippen LogP contribution in [0.5, 0.6) is 5.75 Å². The first-order chi connectivity index (χ1) is 9.71. The summed E-state index contributed by atoms with van der Waals surface area (Å²) in [6.07, 6.45) is 2.08. The lowest BCUT2D eigenvalue weighted by molar-refractivity contribution is -0.121. The summed E-state index contributed by atoms with van der Waals surface area (Å²) >= 11 is 5.58. The lowest BCUT2D eigenvalue weighted by atomic mass is 10.1. The van der Waals surface area contributed by atoms with E-state index in [1.807, 2.05) is 18.2 Å². The maximum atomic E-state index is 11.6. The van der Waals surface area contributed by atoms with E-state index in [9.17, 15) is 4.79 Å². The Labute approximate surface area is 122 Å². The molecule has 4 nitrogen and oxygen atoms in total. The van der Waals surface area contributed by atoms with E-state index in [1.54, 1.807) is 7.11 Å². The van der Waals surface area contributed by atoms with Crippen molar-refractivity contribution in [3.05, 3.63) is 29.5 Å². The number of methoxy groups -OCH3 is 1. The third kappa shape index (κ3) is 2.36. The van der Waals surface area contributed by atoms with Crippen LogP contribution in [0.4, 0.5) is 0 Å². The molecule has 5 heteroatoms. The minimum absolute atomic E-state index is 0.0250. The van der Waals surface area contributed by atoms with Crippen LogP contribution in [0.2, 0.25) is 0 Å². The Balaban J connectivity index is 1.81. The van der Waals surface area contributed by atoms with Gasteiger partial charge in [0, 0.05) is 41.4 Å². The molecule has 1 amide bonds. The van der Waals surface area contributed by atoms with E-state index in [4.69, 9.17) is 16.3 Å². The van der Waals surface area contributed by atoms with Crippen molar-refractivity contribution in [2.45, 2.75) is 25.3 Å². The predicted octanol–water partition coefficient (Wildman–Crippen LogP) is 2.39. The summed E-state index contributed by atoms with van der Waals surface area (Å²) in [5.74, 6) is 1.25. The molecule has 1 heterocycles. The van der Waals surface area contributed by atoms with Crippen molar-refractivity contribution in [2.75, 3.05) is 13.0 Å². The second kappa shape index (κ2) is 5.37. The van der Waals surface area contributed by atoms with E-state index < -0.39 is 0 Å². The summed E-state index contributed by atoms with van der Waals surface area (Å²) in [6, 6.07) is 6.21. The molecule has 2 N–H and O–H groups in total. The van der Waals surface area contributed by atoms with Gasteiger partial charge in [-0.1, -0.05) is 0 Å². The van der Waals surface area contributed by atoms with Gasteiger partial charge in [-0.2, -0.15) is 0 Å². The van der Waals surface area contributed by atoms with Gasteiger partial charge in [-0.3, -0.25) is 4.79 Å². The van der Waals surface area contributed by atoms with Crippen molar-refractivity contribution in [3.63, 3.8) is 0 Å². The largest absolute Gasteiger partial charge is 0.497 e. The van der Waals surface area contributed by atoms with Crippen molar-refractivity contribution < 1.29 is 9.53 Å². The van der Waals surface area contributed by atoms with E-state index in [2.05, 4.69) is 10.3 Å². The van der Waals surface area contributed by atoms with Crippen LogP contribution in [0.15, 0.2) is 18.2 Å². The number of ether oxygens (including phenoxy) is 1. The smallest absolute Gasteiger partial charge is 0.221 e. The average Bonchev–Trinajstić information content (AvgIpc) is 2.95. The minimum atomic E-state index is 0.0250. The molecule has 106 valence electrons. The Morgan fingerprint density at radius 3 is 3.10 bits per heavy atom. The molecule has 2 aromatic rings. The fourth-order valence-corrected chi connectivity index (χ4v) is 3.04. The number of hydrogen-bond acceptors (Lipinski definition) is 2. The molecule has 0 saturated carbocycles. The average molecular weight is 293 g/mol. The molecule has 0 bridgehead atoms. The lowest BCUT2D eigenvalue weighted by Crippen LogP contribution is -2.35. The number of carbonyl (C=O) groups excluding carboxylic acids is 1. The Kier molecular flexibility index (Phi) is 3.57. The third-order valence-corrected chi connectivity index (χ3v) is 3.98. The fraction of sp³-hybridized carbons (Fsp3) is 0.400. The van der Waals surface area contributed by atoms with Gasteiger partial charge in [-0.15, -0.1) is 11.6 Å². The highest BCUT2D eigenvalue weighted by molar-refractivity contribution is 6.18. The number of alkyl halides is 1. The van der Waals surface area contributed by atoms with Gasteiger partial charge in [0.1, 0.15) is 5.75 Å². The first-order valence-corrected chi connectivity index (χ1v) is 7.27. The van der Waals surface area contributed by atoms with E-state index in [1.165, 1.54) is 16.6 Å². The van der Waals surface area contributed by atoms with Crippen molar-refractivity contribution in [2.24, 2.45) is 0 Å². The number of benzene rings is 1. The van der Waals surface area contributed by atoms with Gasteiger partial charge in [-0.25, -0.2) is 0 Å². The summed E-state index contributed by atoms with van der Waals surface area (Å²) < 4.78 is 5.28. The van der Waals surface area contributed by atoms with E-state index in [0.717, 1.165) is 24.1 Å². The molecule has 0 radical (unpaired) electrons. The molecular weight excluding hydrogens is 276 g/mol. The van der Waals surface area contributed by atoms with Crippen molar-refractivity contribution in [3.8, 4) is 5.75 Å². The van der Waals surface area contributed by atoms with Crippen LogP contribution >= 0.6 is 11.6 Å². The molecule has 1 aromatic carbocycles. The number of halogens is 1. The van der Waals surface area contributed by atoms with Crippen molar-refractivity contribution in [1.82, 2.24) is 10.3 Å². The Hall–Kier alpha value is -1.68. The van der Waals surface area contributed by atoms with E-state index in [0.29, 0.717) is 12.3 Å². The normalized spacial score (nSPS) is 17.2. The summed E-state index contributed by atoms with van der Waals surface area (Å²) in [7, 11) is 1.67. The Bertz CT molecular complexity index is 651. The van der Waals surface area contributed by atoms with Crippen LogP contribution < -0.4 is 10.1 Å². The molecular formula is C15H17ClN2O2. The summed E-state index contributed by atoms with van der Waals surface area (Å²) in [5, 5.41) is 4.22. The van der Waals surface area contributed by atoms with Crippen LogP contribution in [0.1, 0.15) is 17.7 Å². The summed E-state index contributed by atoms with van der Waals surface area (Å²) in [5.41, 5.74) is 3.63. The number of aromatic nitrogens is 1. The summed E-state index contributed by atoms with van der Waals surface area (Å²) in [6.45, 7) is 0. The first-order valence-electron chi connectivity index (χ1n) is 6.74. The zero-order valence-corrected chi connectivity index (χ0v) is 12.1. The number of hydrogen-bond donors (Lipinski definition) is 2. The van der Waals surface area contributed by atoms with Gasteiger partial charge >= 0.3 is 0 Å².